The maximum Gasteiger partial charge on any atom is 0.314 e. The molecule has 0 aliphatic carbocycles. The Morgan fingerprint density at radius 2 is 1.63 bits per heavy atom. The van der Waals surface area contributed by atoms with Gasteiger partial charge in [-0.2, -0.15) is 0 Å². The summed E-state index contributed by atoms with van der Waals surface area (Å²) in [6.45, 7) is 5.36. The van der Waals surface area contributed by atoms with Crippen molar-refractivity contribution >= 4 is 35.0 Å². The summed E-state index contributed by atoms with van der Waals surface area (Å²) in [5, 5.41) is 0. The van der Waals surface area contributed by atoms with Gasteiger partial charge in [0.1, 0.15) is 5.92 Å². The molecule has 4 heterocycles. The number of anilines is 2. The molecule has 4 aliphatic heterocycles. The Morgan fingerprint density at radius 3 is 2.23 bits per heavy atom. The van der Waals surface area contributed by atoms with Crippen molar-refractivity contribution in [1.29, 1.82) is 0 Å². The van der Waals surface area contributed by atoms with E-state index in [1.54, 1.807) is 11.8 Å². The number of nitrogens with zero attached hydrogens (tertiary/aromatic N) is 2. The van der Waals surface area contributed by atoms with Crippen LogP contribution in [0.5, 0.6) is 0 Å². The number of hydrogen-bond acceptors (Lipinski definition) is 4. The third kappa shape index (κ3) is 3.32. The molecule has 3 saturated heterocycles. The minimum absolute atomic E-state index is 0.0725. The highest BCUT2D eigenvalue weighted by Gasteiger charge is 2.50. The topological polar surface area (TPSA) is 46.6 Å². The van der Waals surface area contributed by atoms with Crippen molar-refractivity contribution in [3.8, 4) is 0 Å². The predicted molar refractivity (Wildman–Crippen MR) is 117 cm³/mol. The summed E-state index contributed by atoms with van der Waals surface area (Å²) in [7, 11) is 0. The molecule has 1 amide bonds. The number of carbonyl (C=O) groups excluding carboxylic acids is 2. The first-order valence-electron chi connectivity index (χ1n) is 10.8. The highest BCUT2D eigenvalue weighted by molar-refractivity contribution is 7.99. The molecule has 30 heavy (non-hydrogen) atoms. The van der Waals surface area contributed by atoms with E-state index in [1.165, 1.54) is 0 Å². The van der Waals surface area contributed by atoms with Gasteiger partial charge in [-0.25, -0.2) is 0 Å². The Hall–Kier alpha value is -2.31. The predicted octanol–water partition coefficient (Wildman–Crippen LogP) is 4.24. The molecule has 0 spiro atoms. The lowest BCUT2D eigenvalue weighted by Crippen LogP contribution is -2.65. The lowest BCUT2D eigenvalue weighted by atomic mass is 9.77. The Balaban J connectivity index is 1.44. The van der Waals surface area contributed by atoms with Gasteiger partial charge in [-0.05, 0) is 37.1 Å². The fourth-order valence-electron chi connectivity index (χ4n) is 5.36. The van der Waals surface area contributed by atoms with Crippen molar-refractivity contribution in [3.63, 3.8) is 0 Å². The average Bonchev–Trinajstić information content (AvgIpc) is 2.77. The number of piperidine rings is 3. The van der Waals surface area contributed by atoms with E-state index in [1.807, 2.05) is 48.2 Å². The lowest BCUT2D eigenvalue weighted by Gasteiger charge is -2.51. The summed E-state index contributed by atoms with van der Waals surface area (Å²) in [6, 6.07) is 16.2. The molecule has 2 aromatic rings. The second kappa shape index (κ2) is 7.75. The van der Waals surface area contributed by atoms with Crippen LogP contribution in [-0.2, 0) is 14.3 Å². The van der Waals surface area contributed by atoms with Crippen LogP contribution in [0, 0.1) is 11.8 Å². The summed E-state index contributed by atoms with van der Waals surface area (Å²) in [4.78, 5) is 30.4. The van der Waals surface area contributed by atoms with E-state index in [0.717, 1.165) is 53.6 Å². The average molecular weight is 424 g/mol. The van der Waals surface area contributed by atoms with Crippen molar-refractivity contribution in [2.75, 3.05) is 37.7 Å². The lowest BCUT2D eigenvalue weighted by molar-refractivity contribution is -0.938. The van der Waals surface area contributed by atoms with Crippen LogP contribution >= 0.6 is 11.8 Å². The Morgan fingerprint density at radius 1 is 1.03 bits per heavy atom. The van der Waals surface area contributed by atoms with Crippen molar-refractivity contribution in [2.24, 2.45) is 11.8 Å². The number of fused-ring (bicyclic) bond motifs is 5. The van der Waals surface area contributed by atoms with Gasteiger partial charge in [0.25, 0.3) is 5.91 Å². The summed E-state index contributed by atoms with van der Waals surface area (Å²) in [5.41, 5.74) is 1.91. The van der Waals surface area contributed by atoms with E-state index in [4.69, 9.17) is 4.74 Å². The van der Waals surface area contributed by atoms with Gasteiger partial charge in [-0.1, -0.05) is 36.0 Å². The quantitative estimate of drug-likeness (QED) is 0.545. The molecular weight excluding hydrogens is 396 g/mol. The highest BCUT2D eigenvalue weighted by Crippen LogP contribution is 2.48. The normalized spacial score (nSPS) is 26.6. The third-order valence-electron chi connectivity index (χ3n) is 6.84. The van der Waals surface area contributed by atoms with E-state index in [0.29, 0.717) is 23.6 Å². The molecule has 5 nitrogen and oxygen atoms in total. The van der Waals surface area contributed by atoms with Gasteiger partial charge >= 0.3 is 5.97 Å². The Kier molecular flexibility index (Phi) is 5.07. The zero-order valence-corrected chi connectivity index (χ0v) is 18.1. The van der Waals surface area contributed by atoms with Gasteiger partial charge in [0.2, 0.25) is 0 Å². The molecule has 3 fully saturated rings. The standard InChI is InChI=1S/C24H27N2O3S/c1-2-29-24(28)18-15-26(13-11-17(18)12-14-26)16-23(27)25-19-7-3-5-9-21(19)30-22-10-6-4-8-20(22)25/h3-10,17-18H,2,11-16H2,1H3/q+1/t17?,18-,26?/m1/s1. The van der Waals surface area contributed by atoms with Gasteiger partial charge < -0.3 is 9.22 Å². The maximum absolute atomic E-state index is 13.8. The van der Waals surface area contributed by atoms with E-state index in [-0.39, 0.29) is 17.8 Å². The maximum atomic E-state index is 13.8. The van der Waals surface area contributed by atoms with Crippen LogP contribution in [0.15, 0.2) is 58.3 Å². The van der Waals surface area contributed by atoms with Crippen LogP contribution in [0.4, 0.5) is 11.4 Å². The summed E-state index contributed by atoms with van der Waals surface area (Å²) < 4.78 is 6.05. The molecule has 0 unspecified atom stereocenters. The SMILES string of the molecule is CCOC(=O)[C@@H]1C[N+]2(CC(=O)N3c4ccccc4Sc4ccccc43)CCC1CC2. The first-order valence-corrected chi connectivity index (χ1v) is 11.6. The zero-order valence-electron chi connectivity index (χ0n) is 17.3. The summed E-state index contributed by atoms with van der Waals surface area (Å²) >= 11 is 1.71. The molecule has 1 atom stereocenters. The van der Waals surface area contributed by atoms with Crippen molar-refractivity contribution < 1.29 is 18.8 Å². The van der Waals surface area contributed by atoms with Gasteiger partial charge in [0.05, 0.1) is 37.6 Å². The largest absolute Gasteiger partial charge is 0.466 e. The minimum Gasteiger partial charge on any atom is -0.466 e. The summed E-state index contributed by atoms with van der Waals surface area (Å²) in [5.74, 6) is 0.365. The summed E-state index contributed by atoms with van der Waals surface area (Å²) in [6.07, 6.45) is 2.00. The van der Waals surface area contributed by atoms with Crippen molar-refractivity contribution in [3.05, 3.63) is 48.5 Å². The van der Waals surface area contributed by atoms with Crippen molar-refractivity contribution in [1.82, 2.24) is 0 Å². The van der Waals surface area contributed by atoms with Crippen LogP contribution in [0.3, 0.4) is 0 Å². The first kappa shape index (κ1) is 19.6. The van der Waals surface area contributed by atoms with E-state index < -0.39 is 0 Å². The molecule has 0 N–H and O–H groups in total. The number of esters is 1. The van der Waals surface area contributed by atoms with E-state index in [9.17, 15) is 9.59 Å². The first-order chi connectivity index (χ1) is 14.6. The number of para-hydroxylation sites is 2. The number of rotatable bonds is 4. The third-order valence-corrected chi connectivity index (χ3v) is 7.97. The van der Waals surface area contributed by atoms with Gasteiger partial charge in [0, 0.05) is 22.6 Å². The smallest absolute Gasteiger partial charge is 0.314 e. The fourth-order valence-corrected chi connectivity index (χ4v) is 6.41. The molecule has 2 aromatic carbocycles. The zero-order chi connectivity index (χ0) is 20.7. The van der Waals surface area contributed by atoms with Crippen LogP contribution < -0.4 is 4.90 Å². The molecule has 2 bridgehead atoms. The number of hydrogen-bond donors (Lipinski definition) is 0. The Bertz CT molecular complexity index is 938. The molecule has 0 aromatic heterocycles. The molecule has 6 heteroatoms. The van der Waals surface area contributed by atoms with E-state index in [2.05, 4.69) is 12.1 Å². The molecular formula is C24H27N2O3S+. The monoisotopic (exact) mass is 423 g/mol. The van der Waals surface area contributed by atoms with Gasteiger partial charge in [-0.3, -0.25) is 14.5 Å². The number of benzene rings is 2. The molecule has 0 radical (unpaired) electrons. The van der Waals surface area contributed by atoms with Crippen LogP contribution in [-0.4, -0.2) is 49.1 Å². The van der Waals surface area contributed by atoms with Gasteiger partial charge in [-0.15, -0.1) is 0 Å². The number of ether oxygens (including phenoxy) is 1. The van der Waals surface area contributed by atoms with Crippen LogP contribution in [0.2, 0.25) is 0 Å². The highest BCUT2D eigenvalue weighted by atomic mass is 32.2. The van der Waals surface area contributed by atoms with Crippen LogP contribution in [0.1, 0.15) is 19.8 Å². The molecule has 0 saturated carbocycles. The number of amides is 1. The second-order valence-electron chi connectivity index (χ2n) is 8.59. The van der Waals surface area contributed by atoms with Gasteiger partial charge in [0.15, 0.2) is 6.54 Å². The Labute approximate surface area is 181 Å². The molecule has 4 aliphatic rings. The molecule has 6 rings (SSSR count). The van der Waals surface area contributed by atoms with Crippen LogP contribution in [0.25, 0.3) is 0 Å². The van der Waals surface area contributed by atoms with Crippen molar-refractivity contribution in [2.45, 2.75) is 29.6 Å². The number of quaternary nitrogens is 1. The molecule has 156 valence electrons. The number of carbonyl (C=O) groups is 2. The second-order valence-corrected chi connectivity index (χ2v) is 9.68. The van der Waals surface area contributed by atoms with E-state index >= 15 is 0 Å². The fraction of sp³-hybridized carbons (Fsp3) is 0.417. The minimum atomic E-state index is -0.0816.